The van der Waals surface area contributed by atoms with E-state index in [0.717, 1.165) is 0 Å². The summed E-state index contributed by atoms with van der Waals surface area (Å²) in [7, 11) is 0. The molecular formula is C21H19F2N7O2. The monoisotopic (exact) mass is 439 g/mol. The number of amides is 1. The number of carbonyl (C=O) groups excluding carboxylic acids is 1. The summed E-state index contributed by atoms with van der Waals surface area (Å²) >= 11 is 0. The third-order valence-electron chi connectivity index (χ3n) is 4.89. The Labute approximate surface area is 181 Å². The topological polar surface area (TPSA) is 143 Å². The van der Waals surface area contributed by atoms with Gasteiger partial charge in [-0.2, -0.15) is 0 Å². The van der Waals surface area contributed by atoms with Gasteiger partial charge in [0.2, 0.25) is 0 Å². The van der Waals surface area contributed by atoms with Gasteiger partial charge >= 0.3 is 6.09 Å². The molecule has 0 aliphatic carbocycles. The van der Waals surface area contributed by atoms with Gasteiger partial charge < -0.3 is 21.5 Å². The number of benzene rings is 2. The van der Waals surface area contributed by atoms with Crippen LogP contribution in [-0.2, 0) is 11.3 Å². The van der Waals surface area contributed by atoms with E-state index >= 15 is 0 Å². The van der Waals surface area contributed by atoms with Crippen LogP contribution in [-0.4, -0.2) is 34.9 Å². The van der Waals surface area contributed by atoms with E-state index in [2.05, 4.69) is 15.3 Å². The van der Waals surface area contributed by atoms with Crippen LogP contribution in [0, 0.1) is 17.0 Å². The van der Waals surface area contributed by atoms with Crippen molar-refractivity contribution in [2.24, 2.45) is 0 Å². The highest BCUT2D eigenvalue weighted by Gasteiger charge is 2.29. The van der Waals surface area contributed by atoms with Crippen LogP contribution in [0.1, 0.15) is 17.0 Å². The van der Waals surface area contributed by atoms with Crippen LogP contribution in [0.3, 0.4) is 0 Å². The maximum Gasteiger partial charge on any atom is 0.414 e. The predicted octanol–water partition coefficient (Wildman–Crippen LogP) is 2.90. The van der Waals surface area contributed by atoms with E-state index in [-0.39, 0.29) is 59.8 Å². The van der Waals surface area contributed by atoms with Crippen molar-refractivity contribution in [1.82, 2.24) is 9.97 Å². The van der Waals surface area contributed by atoms with Gasteiger partial charge in [-0.15, -0.1) is 0 Å². The van der Waals surface area contributed by atoms with Crippen molar-refractivity contribution in [2.45, 2.75) is 6.54 Å². The second-order valence-corrected chi connectivity index (χ2v) is 6.91. The zero-order valence-corrected chi connectivity index (χ0v) is 16.7. The molecule has 0 unspecified atom stereocenters. The molecule has 164 valence electrons. The Morgan fingerprint density at radius 2 is 1.78 bits per heavy atom. The molecule has 1 amide bonds. The van der Waals surface area contributed by atoms with E-state index < -0.39 is 17.7 Å². The largest absolute Gasteiger partial charge is 0.447 e. The minimum Gasteiger partial charge on any atom is -0.447 e. The Kier molecular flexibility index (Phi) is 5.54. The van der Waals surface area contributed by atoms with Gasteiger partial charge in [0.15, 0.2) is 17.5 Å². The molecular weight excluding hydrogens is 420 g/mol. The number of para-hydroxylation sites is 1. The van der Waals surface area contributed by atoms with E-state index in [0.29, 0.717) is 5.56 Å². The summed E-state index contributed by atoms with van der Waals surface area (Å²) in [5.74, 6) is -1.47. The fraction of sp³-hybridized carbons (Fsp3) is 0.143. The minimum absolute atomic E-state index is 0.00493. The van der Waals surface area contributed by atoms with E-state index in [4.69, 9.17) is 21.6 Å². The number of nitrogens with zero attached hydrogens (tertiary/aromatic N) is 3. The van der Waals surface area contributed by atoms with Gasteiger partial charge in [-0.3, -0.25) is 10.3 Å². The number of aromatic nitrogens is 2. The summed E-state index contributed by atoms with van der Waals surface area (Å²) in [4.78, 5) is 21.2. The molecule has 1 saturated heterocycles. The molecule has 4 rings (SSSR count). The fourth-order valence-electron chi connectivity index (χ4n) is 3.33. The first-order valence-electron chi connectivity index (χ1n) is 9.59. The Bertz CT molecular complexity index is 1200. The Balaban J connectivity index is 1.66. The summed E-state index contributed by atoms with van der Waals surface area (Å²) in [6, 6.07) is 10.2. The van der Waals surface area contributed by atoms with Gasteiger partial charge in [-0.1, -0.05) is 30.3 Å². The molecule has 0 saturated carbocycles. The summed E-state index contributed by atoms with van der Waals surface area (Å²) in [6.07, 6.45) is -0.625. The highest BCUT2D eigenvalue weighted by atomic mass is 19.1. The molecule has 11 heteroatoms. The molecule has 1 aliphatic rings. The highest BCUT2D eigenvalue weighted by Crippen LogP contribution is 2.31. The molecule has 3 aromatic rings. The van der Waals surface area contributed by atoms with E-state index in [1.807, 2.05) is 0 Å². The van der Waals surface area contributed by atoms with Crippen LogP contribution < -0.4 is 21.7 Å². The smallest absolute Gasteiger partial charge is 0.414 e. The number of nitrogen functional groups attached to an aromatic ring is 2. The van der Waals surface area contributed by atoms with Crippen LogP contribution in [0.2, 0.25) is 0 Å². The van der Waals surface area contributed by atoms with Gasteiger partial charge in [0.05, 0.1) is 12.2 Å². The van der Waals surface area contributed by atoms with Gasteiger partial charge in [-0.25, -0.2) is 23.5 Å². The van der Waals surface area contributed by atoms with Crippen LogP contribution in [0.5, 0.6) is 0 Å². The number of nitrogens with two attached hydrogens (primary N) is 2. The Morgan fingerprint density at radius 1 is 1.09 bits per heavy atom. The third kappa shape index (κ3) is 3.87. The normalized spacial score (nSPS) is 13.2. The van der Waals surface area contributed by atoms with E-state index in [9.17, 15) is 13.6 Å². The van der Waals surface area contributed by atoms with E-state index in [1.54, 1.807) is 18.2 Å². The minimum atomic E-state index is -0.638. The van der Waals surface area contributed by atoms with Crippen LogP contribution in [0.15, 0.2) is 42.5 Å². The molecule has 0 radical (unpaired) electrons. The molecule has 0 atom stereocenters. The van der Waals surface area contributed by atoms with Crippen LogP contribution >= 0.6 is 0 Å². The lowest BCUT2D eigenvalue weighted by Crippen LogP contribution is -2.27. The SMILES string of the molecule is N=C(c1nc(N)c(N2CCOC2=O)c(N)n1)c1cccc(F)c1NCc1ccccc1F. The molecule has 2 heterocycles. The van der Waals surface area contributed by atoms with Crippen molar-refractivity contribution in [2.75, 3.05) is 34.8 Å². The zero-order valence-electron chi connectivity index (χ0n) is 16.7. The molecule has 9 nitrogen and oxygen atoms in total. The predicted molar refractivity (Wildman–Crippen MR) is 116 cm³/mol. The average Bonchev–Trinajstić information content (AvgIpc) is 3.18. The number of halogens is 2. The van der Waals surface area contributed by atoms with Crippen LogP contribution in [0.4, 0.5) is 36.6 Å². The molecule has 0 spiro atoms. The van der Waals surface area contributed by atoms with Crippen LogP contribution in [0.25, 0.3) is 0 Å². The maximum atomic E-state index is 14.6. The molecule has 32 heavy (non-hydrogen) atoms. The quantitative estimate of drug-likeness (QED) is 0.432. The number of hydrogen-bond acceptors (Lipinski definition) is 8. The molecule has 1 aliphatic heterocycles. The molecule has 1 fully saturated rings. The number of nitrogens with one attached hydrogen (secondary N) is 2. The van der Waals surface area contributed by atoms with Gasteiger partial charge in [0.25, 0.3) is 0 Å². The second-order valence-electron chi connectivity index (χ2n) is 6.91. The zero-order chi connectivity index (χ0) is 22.8. The standard InChI is InChI=1S/C21H19F2N7O2/c22-13-6-2-1-4-11(13)10-27-16-12(5-3-7-14(16)23)15(24)20-28-18(25)17(19(26)29-20)30-8-9-32-21(30)31/h1-7,24,27H,8-10H2,(H4,25,26,28,29). The number of anilines is 4. The first kappa shape index (κ1) is 21.0. The van der Waals surface area contributed by atoms with Gasteiger partial charge in [-0.05, 0) is 12.1 Å². The summed E-state index contributed by atoms with van der Waals surface area (Å²) in [5, 5.41) is 11.4. The summed E-state index contributed by atoms with van der Waals surface area (Å²) in [5.41, 5.74) is 12.3. The molecule has 0 bridgehead atoms. The van der Waals surface area contributed by atoms with E-state index in [1.165, 1.54) is 29.2 Å². The Morgan fingerprint density at radius 3 is 2.44 bits per heavy atom. The summed E-state index contributed by atoms with van der Waals surface area (Å²) in [6.45, 7) is 0.409. The number of ether oxygens (including phenoxy) is 1. The first-order chi connectivity index (χ1) is 15.4. The van der Waals surface area contributed by atoms with Gasteiger partial charge in [0, 0.05) is 17.7 Å². The molecule has 2 aromatic carbocycles. The fourth-order valence-corrected chi connectivity index (χ4v) is 3.33. The number of cyclic esters (lactones) is 1. The van der Waals surface area contributed by atoms with Crippen molar-refractivity contribution < 1.29 is 18.3 Å². The lowest BCUT2D eigenvalue weighted by Gasteiger charge is -2.18. The van der Waals surface area contributed by atoms with Crippen molar-refractivity contribution in [3.63, 3.8) is 0 Å². The van der Waals surface area contributed by atoms with Gasteiger partial charge in [0.1, 0.15) is 29.6 Å². The van der Waals surface area contributed by atoms with Crippen molar-refractivity contribution in [3.8, 4) is 0 Å². The second kappa shape index (κ2) is 8.46. The maximum absolute atomic E-state index is 14.6. The number of hydrogen-bond donors (Lipinski definition) is 4. The molecule has 6 N–H and O–H groups in total. The van der Waals surface area contributed by atoms with Crippen molar-refractivity contribution in [3.05, 3.63) is 71.1 Å². The highest BCUT2D eigenvalue weighted by molar-refractivity contribution is 6.12. The Hall–Kier alpha value is -4.28. The average molecular weight is 439 g/mol. The van der Waals surface area contributed by atoms with Crippen molar-refractivity contribution in [1.29, 1.82) is 5.41 Å². The first-order valence-corrected chi connectivity index (χ1v) is 9.59. The lowest BCUT2D eigenvalue weighted by atomic mass is 10.1. The number of carbonyl (C=O) groups is 1. The number of rotatable bonds is 6. The summed E-state index contributed by atoms with van der Waals surface area (Å²) < 4.78 is 33.4. The third-order valence-corrected chi connectivity index (χ3v) is 4.89. The lowest BCUT2D eigenvalue weighted by molar-refractivity contribution is 0.181. The molecule has 1 aromatic heterocycles. The van der Waals surface area contributed by atoms with Crippen molar-refractivity contribution >= 4 is 34.8 Å².